The van der Waals surface area contributed by atoms with Crippen LogP contribution in [-0.2, 0) is 27.1 Å². The second-order valence-corrected chi connectivity index (χ2v) is 41.3. The average Bonchev–Trinajstić information content (AvgIpc) is 1.56. The predicted molar refractivity (Wildman–Crippen MR) is 575 cm³/mol. The number of para-hydroxylation sites is 9. The van der Waals surface area contributed by atoms with E-state index in [4.69, 9.17) is 6.85 Å². The molecule has 0 saturated carbocycles. The standard InChI is InChI=1S/C48H48N2.2C40H32N2/c1-46(2,3)32-24-28-39(47(4,5)6)38(30-32)31-22-25-33(26-23-31)49-40-19-13-12-18-36(40)37-27-29-43(44(45(37)49)48(7,8)9)50-41-20-14-10-16-34(41)35-17-11-15-21-42(35)50;2*1-40(2,3)38-37(42-35-19-11-7-15-30(35)31-16-8-12-20-36(31)42)26-25-33-32-17-9-10-18-34(32)41(39(33)38)29-23-21-28(22-24-29)27-13-5-4-6-14-27/h10-30H,1-9H3;2*4-26H,1-3H3/i;4D,5D,6D,13D,14D;. The first-order valence-electron chi connectivity index (χ1n) is 49.6. The van der Waals surface area contributed by atoms with Crippen molar-refractivity contribution in [2.24, 2.45) is 0 Å². The molecule has 0 radical (unpaired) electrons. The summed E-state index contributed by atoms with van der Waals surface area (Å²) in [4.78, 5) is 0. The zero-order valence-corrected chi connectivity index (χ0v) is 79.0. The van der Waals surface area contributed by atoms with Crippen LogP contribution in [0, 0.1) is 0 Å². The van der Waals surface area contributed by atoms with Gasteiger partial charge in [0.25, 0.3) is 0 Å². The molecule has 0 aliphatic heterocycles. The van der Waals surface area contributed by atoms with E-state index < -0.39 is 0 Å². The Morgan fingerprint density at radius 1 is 0.187 bits per heavy atom. The summed E-state index contributed by atoms with van der Waals surface area (Å²) in [6.07, 6.45) is 0. The number of rotatable bonds is 9. The van der Waals surface area contributed by atoms with E-state index in [1.165, 1.54) is 171 Å². The summed E-state index contributed by atoms with van der Waals surface area (Å²) >= 11 is 0. The molecule has 134 heavy (non-hydrogen) atoms. The van der Waals surface area contributed by atoms with Crippen LogP contribution < -0.4 is 0 Å². The summed E-state index contributed by atoms with van der Waals surface area (Å²) in [5, 5.41) is 15.0. The lowest BCUT2D eigenvalue weighted by atomic mass is 9.78. The molecule has 0 saturated heterocycles. The van der Waals surface area contributed by atoms with Crippen molar-refractivity contribution < 1.29 is 6.85 Å². The highest BCUT2D eigenvalue weighted by atomic mass is 15.1. The van der Waals surface area contributed by atoms with E-state index in [2.05, 4.69) is 483 Å². The highest BCUT2D eigenvalue weighted by Gasteiger charge is 2.34. The summed E-state index contributed by atoms with van der Waals surface area (Å²) < 4.78 is 56.0. The van der Waals surface area contributed by atoms with Gasteiger partial charge in [0.05, 0.1) is 90.1 Å². The molecule has 6 aromatic heterocycles. The van der Waals surface area contributed by atoms with Crippen LogP contribution in [0.4, 0.5) is 0 Å². The lowest BCUT2D eigenvalue weighted by molar-refractivity contribution is 0.578. The molecule has 0 amide bonds. The molecule has 0 spiro atoms. The number of fused-ring (bicyclic) bond motifs is 18. The Morgan fingerprint density at radius 3 is 0.709 bits per heavy atom. The van der Waals surface area contributed by atoms with E-state index >= 15 is 0 Å². The van der Waals surface area contributed by atoms with Crippen molar-refractivity contribution in [3.05, 3.63) is 434 Å². The van der Waals surface area contributed by atoms with Crippen LogP contribution in [0.15, 0.2) is 406 Å². The van der Waals surface area contributed by atoms with Gasteiger partial charge >= 0.3 is 0 Å². The van der Waals surface area contributed by atoms with Crippen LogP contribution in [-0.4, -0.2) is 27.4 Å². The van der Waals surface area contributed by atoms with Gasteiger partial charge in [-0.1, -0.05) is 401 Å². The molecule has 0 unspecified atom stereocenters. The number of hydrogen-bond donors (Lipinski definition) is 0. The van der Waals surface area contributed by atoms with E-state index in [0.29, 0.717) is 5.56 Å². The Kier molecular flexibility index (Phi) is 19.0. The quantitative estimate of drug-likeness (QED) is 0.138. The number of nitrogens with zero attached hydrogens (tertiary/aromatic N) is 6. The predicted octanol–water partition coefficient (Wildman–Crippen LogP) is 35.1. The number of aromatic nitrogens is 6. The molecule has 0 bridgehead atoms. The second kappa shape index (κ2) is 32.4. The average molecular weight is 1740 g/mol. The summed E-state index contributed by atoms with van der Waals surface area (Å²) in [6, 6.07) is 135. The largest absolute Gasteiger partial charge is 0.309 e. The van der Waals surface area contributed by atoms with Gasteiger partial charge in [0.15, 0.2) is 0 Å². The van der Waals surface area contributed by atoms with Crippen molar-refractivity contribution in [1.82, 2.24) is 27.4 Å². The third-order valence-corrected chi connectivity index (χ3v) is 27.4. The molecule has 6 heteroatoms. The van der Waals surface area contributed by atoms with Gasteiger partial charge in [0.2, 0.25) is 0 Å². The molecule has 6 heterocycles. The molecule has 0 aliphatic carbocycles. The van der Waals surface area contributed by atoms with Gasteiger partial charge in [-0.05, 0) is 181 Å². The summed E-state index contributed by atoms with van der Waals surface area (Å²) in [7, 11) is 0. The molecule has 654 valence electrons. The number of benzene rings is 18. The van der Waals surface area contributed by atoms with Crippen molar-refractivity contribution in [1.29, 1.82) is 0 Å². The van der Waals surface area contributed by atoms with Crippen LogP contribution in [0.25, 0.3) is 198 Å². The highest BCUT2D eigenvalue weighted by Crippen LogP contribution is 2.50. The third kappa shape index (κ3) is 14.2. The van der Waals surface area contributed by atoms with Gasteiger partial charge in [0.1, 0.15) is 0 Å². The normalized spacial score (nSPS) is 13.0. The Bertz CT molecular complexity index is 8860. The Balaban J connectivity index is 0.000000121. The lowest BCUT2D eigenvalue weighted by Gasteiger charge is -2.27. The van der Waals surface area contributed by atoms with Gasteiger partial charge in [-0.15, -0.1) is 0 Å². The molecular formula is C128H112N6. The zero-order valence-electron chi connectivity index (χ0n) is 84.0. The van der Waals surface area contributed by atoms with Gasteiger partial charge < -0.3 is 27.4 Å². The van der Waals surface area contributed by atoms with Gasteiger partial charge in [-0.3, -0.25) is 0 Å². The highest BCUT2D eigenvalue weighted by molar-refractivity contribution is 6.18. The first-order valence-corrected chi connectivity index (χ1v) is 47.1. The van der Waals surface area contributed by atoms with Gasteiger partial charge in [0, 0.05) is 98.4 Å². The minimum atomic E-state index is -0.389. The molecule has 0 fully saturated rings. The summed E-state index contributed by atoms with van der Waals surface area (Å²) in [5.41, 5.74) is 33.3. The monoisotopic (exact) mass is 1740 g/mol. The second-order valence-electron chi connectivity index (χ2n) is 41.3. The van der Waals surface area contributed by atoms with Crippen LogP contribution in [0.5, 0.6) is 0 Å². The van der Waals surface area contributed by atoms with Crippen LogP contribution in [0.2, 0.25) is 0 Å². The maximum atomic E-state index is 8.51. The smallest absolute Gasteiger partial charge is 0.0629 e. The van der Waals surface area contributed by atoms with Crippen molar-refractivity contribution >= 4 is 131 Å². The molecule has 0 aliphatic rings. The van der Waals surface area contributed by atoms with E-state index in [1.807, 2.05) is 24.3 Å². The van der Waals surface area contributed by atoms with Crippen molar-refractivity contribution in [3.63, 3.8) is 0 Å². The van der Waals surface area contributed by atoms with Crippen LogP contribution in [0.3, 0.4) is 0 Å². The minimum Gasteiger partial charge on any atom is -0.309 e. The molecular weight excluding hydrogens is 1620 g/mol. The lowest BCUT2D eigenvalue weighted by Crippen LogP contribution is -2.17. The first-order chi connectivity index (χ1) is 66.8. The Morgan fingerprint density at radius 2 is 0.433 bits per heavy atom. The summed E-state index contributed by atoms with van der Waals surface area (Å²) in [5.74, 6) is 0. The van der Waals surface area contributed by atoms with E-state index in [0.717, 1.165) is 44.2 Å². The molecule has 0 atom stereocenters. The molecule has 0 N–H and O–H groups in total. The van der Waals surface area contributed by atoms with E-state index in [9.17, 15) is 0 Å². The minimum absolute atomic E-state index is 0.0298. The number of hydrogen-bond acceptors (Lipinski definition) is 0. The maximum Gasteiger partial charge on any atom is 0.0629 e. The van der Waals surface area contributed by atoms with Crippen molar-refractivity contribution in [2.75, 3.05) is 0 Å². The molecule has 18 aromatic carbocycles. The molecule has 24 aromatic rings. The Labute approximate surface area is 792 Å². The SMILES string of the molecule is CC(C)(C)c1c(-n2c3ccccc3c3ccccc32)ccc2c3ccccc3n(-c3ccc(-c4ccccc4)cc3)c12.CC(C)(C)c1ccc(C(C)(C)C)c(-c2ccc(-n3c4ccccc4c4ccc(-n5c6ccccc6c6ccccc65)c(C(C)(C)C)c43)cc2)c1.[2H]c1c([2H])c([2H])c(-c2ccc(-n3c4ccccc4c4ccc(-n5c6ccccc6c6ccccc65)c(C(C)(C)C)c43)cc2)c([2H])c1[2H]. The van der Waals surface area contributed by atoms with Crippen molar-refractivity contribution in [2.45, 2.75) is 131 Å². The van der Waals surface area contributed by atoms with Gasteiger partial charge in [-0.2, -0.15) is 0 Å². The summed E-state index contributed by atoms with van der Waals surface area (Å²) in [6.45, 7) is 34.8. The fourth-order valence-electron chi connectivity index (χ4n) is 21.6. The van der Waals surface area contributed by atoms with Gasteiger partial charge in [-0.25, -0.2) is 0 Å². The Hall–Kier alpha value is -15.2. The fourth-order valence-corrected chi connectivity index (χ4v) is 21.6. The topological polar surface area (TPSA) is 29.6 Å². The van der Waals surface area contributed by atoms with Crippen LogP contribution >= 0.6 is 0 Å². The van der Waals surface area contributed by atoms with E-state index in [1.54, 1.807) is 0 Å². The van der Waals surface area contributed by atoms with Crippen LogP contribution in [0.1, 0.15) is 139 Å². The maximum absolute atomic E-state index is 8.51. The molecule has 6 nitrogen and oxygen atoms in total. The zero-order chi connectivity index (χ0) is 96.4. The van der Waals surface area contributed by atoms with E-state index in [-0.39, 0.29) is 62.9 Å². The molecule has 24 rings (SSSR count). The fraction of sp³-hybridized carbons (Fsp3) is 0.156. The van der Waals surface area contributed by atoms with Crippen molar-refractivity contribution in [3.8, 4) is 67.5 Å². The third-order valence-electron chi connectivity index (χ3n) is 27.4. The first kappa shape index (κ1) is 78.6.